The first kappa shape index (κ1) is 17.0. The molecule has 1 N–H and O–H groups in total. The molecule has 1 aliphatic rings. The molecular formula is C18H21ClN6O. The van der Waals surface area contributed by atoms with E-state index in [1.807, 2.05) is 24.2 Å². The Kier molecular flexibility index (Phi) is 4.40. The molecule has 0 unspecified atom stereocenters. The number of nitrogens with zero attached hydrogens (tertiary/aromatic N) is 5. The maximum absolute atomic E-state index is 13.1. The van der Waals surface area contributed by atoms with Crippen molar-refractivity contribution in [2.24, 2.45) is 0 Å². The third-order valence-electron chi connectivity index (χ3n) is 5.00. The lowest BCUT2D eigenvalue weighted by Gasteiger charge is -2.32. The second kappa shape index (κ2) is 6.72. The number of H-pyrrole nitrogens is 1. The molecule has 0 spiro atoms. The molecule has 0 radical (unpaired) electrons. The Bertz CT molecular complexity index is 962. The molecule has 26 heavy (non-hydrogen) atoms. The van der Waals surface area contributed by atoms with Gasteiger partial charge in [0.2, 0.25) is 0 Å². The molecule has 1 saturated heterocycles. The number of piperidine rings is 1. The molecule has 0 saturated carbocycles. The van der Waals surface area contributed by atoms with Gasteiger partial charge in [0.25, 0.3) is 5.91 Å². The first-order valence-electron chi connectivity index (χ1n) is 8.90. The second-order valence-electron chi connectivity index (χ2n) is 6.81. The lowest BCUT2D eigenvalue weighted by Crippen LogP contribution is -2.39. The van der Waals surface area contributed by atoms with Crippen molar-refractivity contribution in [3.05, 3.63) is 46.1 Å². The summed E-state index contributed by atoms with van der Waals surface area (Å²) in [6.07, 6.45) is 8.34. The third kappa shape index (κ3) is 2.86. The van der Waals surface area contributed by atoms with E-state index in [1.165, 1.54) is 5.56 Å². The Balaban J connectivity index is 1.61. The van der Waals surface area contributed by atoms with Crippen molar-refractivity contribution in [2.45, 2.75) is 39.0 Å². The largest absolute Gasteiger partial charge is 0.337 e. The molecule has 8 heteroatoms. The number of hydrogen-bond donors (Lipinski definition) is 1. The fourth-order valence-electron chi connectivity index (χ4n) is 3.64. The molecule has 3 aromatic rings. The summed E-state index contributed by atoms with van der Waals surface area (Å²) in [5.74, 6) is 0.127. The van der Waals surface area contributed by atoms with Gasteiger partial charge in [0, 0.05) is 37.1 Å². The van der Waals surface area contributed by atoms with E-state index < -0.39 is 0 Å². The number of hydrogen-bond acceptors (Lipinski definition) is 4. The molecule has 0 aromatic carbocycles. The summed E-state index contributed by atoms with van der Waals surface area (Å²) in [4.78, 5) is 19.2. The Morgan fingerprint density at radius 2 is 2.27 bits per heavy atom. The molecule has 0 aliphatic carbocycles. The molecule has 1 fully saturated rings. The van der Waals surface area contributed by atoms with Gasteiger partial charge in [0.1, 0.15) is 5.02 Å². The van der Waals surface area contributed by atoms with E-state index in [4.69, 9.17) is 11.6 Å². The van der Waals surface area contributed by atoms with Crippen molar-refractivity contribution >= 4 is 23.2 Å². The summed E-state index contributed by atoms with van der Waals surface area (Å²) in [5, 5.41) is 12.0. The van der Waals surface area contributed by atoms with E-state index >= 15 is 0 Å². The molecule has 0 bridgehead atoms. The number of rotatable bonds is 3. The Morgan fingerprint density at radius 1 is 1.42 bits per heavy atom. The first-order valence-corrected chi connectivity index (χ1v) is 9.28. The van der Waals surface area contributed by atoms with Gasteiger partial charge in [0.15, 0.2) is 11.3 Å². The highest BCUT2D eigenvalue weighted by atomic mass is 35.5. The quantitative estimate of drug-likeness (QED) is 0.766. The van der Waals surface area contributed by atoms with Crippen LogP contribution in [0.2, 0.25) is 5.02 Å². The summed E-state index contributed by atoms with van der Waals surface area (Å²) in [5.41, 5.74) is 4.10. The normalized spacial score (nSPS) is 17.8. The summed E-state index contributed by atoms with van der Waals surface area (Å²) >= 11 is 6.40. The Hall–Kier alpha value is -2.41. The second-order valence-corrected chi connectivity index (χ2v) is 7.19. The maximum atomic E-state index is 13.1. The van der Waals surface area contributed by atoms with Crippen LogP contribution in [0.15, 0.2) is 18.6 Å². The van der Waals surface area contributed by atoms with Gasteiger partial charge < -0.3 is 4.90 Å². The summed E-state index contributed by atoms with van der Waals surface area (Å²) < 4.78 is 1.58. The van der Waals surface area contributed by atoms with E-state index in [0.29, 0.717) is 23.8 Å². The number of carbonyl (C=O) groups excluding carboxylic acids is 1. The average Bonchev–Trinajstić information content (AvgIpc) is 3.25. The Labute approximate surface area is 156 Å². The number of fused-ring (bicyclic) bond motifs is 1. The van der Waals surface area contributed by atoms with Crippen LogP contribution in [0.4, 0.5) is 0 Å². The predicted molar refractivity (Wildman–Crippen MR) is 98.6 cm³/mol. The molecule has 4 rings (SSSR count). The van der Waals surface area contributed by atoms with Gasteiger partial charge in [0.05, 0.1) is 6.20 Å². The van der Waals surface area contributed by atoms with Gasteiger partial charge in [-0.15, -0.1) is 0 Å². The summed E-state index contributed by atoms with van der Waals surface area (Å²) in [6.45, 7) is 5.40. The van der Waals surface area contributed by atoms with Crippen LogP contribution in [0.3, 0.4) is 0 Å². The summed E-state index contributed by atoms with van der Waals surface area (Å²) in [7, 11) is 0. The molecule has 7 nitrogen and oxygen atoms in total. The standard InChI is InChI=1S/C18H21ClN6O/c1-3-12-8-21-22-15(12)13-5-4-6-24(10-13)18(26)16-14(19)17-20-7-11(2)9-25(17)23-16/h7-9,13H,3-6,10H2,1-2H3,(H,21,22)/t13-/m1/s1. The predicted octanol–water partition coefficient (Wildman–Crippen LogP) is 3.00. The highest BCUT2D eigenvalue weighted by molar-refractivity contribution is 6.36. The van der Waals surface area contributed by atoms with E-state index in [2.05, 4.69) is 27.2 Å². The molecule has 1 amide bonds. The first-order chi connectivity index (χ1) is 12.6. The lowest BCUT2D eigenvalue weighted by atomic mass is 9.92. The van der Waals surface area contributed by atoms with Crippen molar-refractivity contribution in [3.8, 4) is 0 Å². The lowest BCUT2D eigenvalue weighted by molar-refractivity contribution is 0.0699. The van der Waals surface area contributed by atoms with Crippen LogP contribution < -0.4 is 0 Å². The van der Waals surface area contributed by atoms with Gasteiger partial charge in [-0.3, -0.25) is 9.89 Å². The SMILES string of the molecule is CCc1cn[nH]c1[C@@H]1CCCN(C(=O)c2nn3cc(C)cnc3c2Cl)C1. The number of nitrogens with one attached hydrogen (secondary N) is 1. The zero-order valence-electron chi connectivity index (χ0n) is 14.9. The van der Waals surface area contributed by atoms with Crippen LogP contribution in [0, 0.1) is 6.92 Å². The number of aromatic nitrogens is 5. The van der Waals surface area contributed by atoms with Gasteiger partial charge in [-0.2, -0.15) is 10.2 Å². The molecular weight excluding hydrogens is 352 g/mol. The summed E-state index contributed by atoms with van der Waals surface area (Å²) in [6, 6.07) is 0. The molecule has 3 aromatic heterocycles. The van der Waals surface area contributed by atoms with Crippen LogP contribution >= 0.6 is 11.6 Å². The van der Waals surface area contributed by atoms with Crippen LogP contribution in [-0.4, -0.2) is 48.7 Å². The Morgan fingerprint density at radius 3 is 3.08 bits per heavy atom. The fourth-order valence-corrected chi connectivity index (χ4v) is 3.89. The van der Waals surface area contributed by atoms with E-state index in [0.717, 1.165) is 30.5 Å². The van der Waals surface area contributed by atoms with Gasteiger partial charge in [-0.1, -0.05) is 18.5 Å². The van der Waals surface area contributed by atoms with Crippen LogP contribution in [0.25, 0.3) is 5.65 Å². The molecule has 1 atom stereocenters. The number of aryl methyl sites for hydroxylation is 2. The van der Waals surface area contributed by atoms with Gasteiger partial charge >= 0.3 is 0 Å². The minimum absolute atomic E-state index is 0.139. The van der Waals surface area contributed by atoms with Gasteiger partial charge in [-0.05, 0) is 37.3 Å². The third-order valence-corrected chi connectivity index (χ3v) is 5.35. The number of carbonyl (C=O) groups is 1. The van der Waals surface area contributed by atoms with Crippen molar-refractivity contribution in [1.29, 1.82) is 0 Å². The van der Waals surface area contributed by atoms with Crippen molar-refractivity contribution in [2.75, 3.05) is 13.1 Å². The van der Waals surface area contributed by atoms with E-state index in [-0.39, 0.29) is 17.5 Å². The van der Waals surface area contributed by atoms with Crippen LogP contribution in [0.5, 0.6) is 0 Å². The zero-order valence-corrected chi connectivity index (χ0v) is 15.6. The van der Waals surface area contributed by atoms with E-state index in [9.17, 15) is 4.79 Å². The molecule has 1 aliphatic heterocycles. The minimum Gasteiger partial charge on any atom is -0.337 e. The van der Waals surface area contributed by atoms with Crippen LogP contribution in [-0.2, 0) is 6.42 Å². The zero-order chi connectivity index (χ0) is 18.3. The highest BCUT2D eigenvalue weighted by Crippen LogP contribution is 2.30. The molecule has 4 heterocycles. The van der Waals surface area contributed by atoms with E-state index in [1.54, 1.807) is 10.7 Å². The maximum Gasteiger partial charge on any atom is 0.276 e. The van der Waals surface area contributed by atoms with Crippen molar-refractivity contribution in [3.63, 3.8) is 0 Å². The monoisotopic (exact) mass is 372 g/mol. The number of likely N-dealkylation sites (tertiary alicyclic amines) is 1. The van der Waals surface area contributed by atoms with Gasteiger partial charge in [-0.25, -0.2) is 9.50 Å². The number of aromatic amines is 1. The number of halogens is 1. The highest BCUT2D eigenvalue weighted by Gasteiger charge is 2.30. The minimum atomic E-state index is -0.139. The smallest absolute Gasteiger partial charge is 0.276 e. The molecule has 136 valence electrons. The topological polar surface area (TPSA) is 79.2 Å². The number of amides is 1. The van der Waals surface area contributed by atoms with Crippen molar-refractivity contribution in [1.82, 2.24) is 29.7 Å². The fraction of sp³-hybridized carbons (Fsp3) is 0.444. The van der Waals surface area contributed by atoms with Crippen molar-refractivity contribution < 1.29 is 4.79 Å². The van der Waals surface area contributed by atoms with Crippen LogP contribution in [0.1, 0.15) is 53.0 Å². The average molecular weight is 373 g/mol.